The number of anilines is 1. The summed E-state index contributed by atoms with van der Waals surface area (Å²) in [4.78, 5) is 50.9. The highest BCUT2D eigenvalue weighted by atomic mass is 16.5. The van der Waals surface area contributed by atoms with E-state index in [1.807, 2.05) is 0 Å². The van der Waals surface area contributed by atoms with Gasteiger partial charge in [0, 0.05) is 24.6 Å². The quantitative estimate of drug-likeness (QED) is 0.706. The zero-order valence-electron chi connectivity index (χ0n) is 17.1. The summed E-state index contributed by atoms with van der Waals surface area (Å²) in [6.07, 6.45) is 2.46. The van der Waals surface area contributed by atoms with Gasteiger partial charge in [0.05, 0.1) is 12.0 Å². The van der Waals surface area contributed by atoms with Gasteiger partial charge in [0.2, 0.25) is 5.91 Å². The molecule has 9 nitrogen and oxygen atoms in total. The number of likely N-dealkylation sites (tertiary alicyclic amines) is 1. The SMILES string of the molecule is C[C@@H](NC(=O)c1ccco1)C(=O)N1CCC(C(=O)c2ccc3c(c2)NC(=O)CO3)CC1. The largest absolute Gasteiger partial charge is 0.482 e. The van der Waals surface area contributed by atoms with Gasteiger partial charge in [0.15, 0.2) is 18.2 Å². The number of carbonyl (C=O) groups excluding carboxylic acids is 4. The lowest BCUT2D eigenvalue weighted by Gasteiger charge is -2.33. The number of ether oxygens (including phenoxy) is 1. The number of nitrogens with one attached hydrogen (secondary N) is 2. The Labute approximate surface area is 178 Å². The van der Waals surface area contributed by atoms with Crippen molar-refractivity contribution in [1.82, 2.24) is 10.2 Å². The Bertz CT molecular complexity index is 1010. The van der Waals surface area contributed by atoms with E-state index in [0.29, 0.717) is 42.9 Å². The molecule has 162 valence electrons. The summed E-state index contributed by atoms with van der Waals surface area (Å²) in [7, 11) is 0. The van der Waals surface area contributed by atoms with Gasteiger partial charge in [-0.2, -0.15) is 0 Å². The van der Waals surface area contributed by atoms with E-state index in [9.17, 15) is 19.2 Å². The molecule has 31 heavy (non-hydrogen) atoms. The lowest BCUT2D eigenvalue weighted by atomic mass is 9.88. The number of ketones is 1. The van der Waals surface area contributed by atoms with E-state index >= 15 is 0 Å². The van der Waals surface area contributed by atoms with E-state index < -0.39 is 11.9 Å². The average molecular weight is 425 g/mol. The van der Waals surface area contributed by atoms with Crippen molar-refractivity contribution < 1.29 is 28.3 Å². The second-order valence-electron chi connectivity index (χ2n) is 7.68. The number of carbonyl (C=O) groups is 4. The van der Waals surface area contributed by atoms with Crippen LogP contribution in [0, 0.1) is 5.92 Å². The molecule has 0 spiro atoms. The Kier molecular flexibility index (Phi) is 5.75. The summed E-state index contributed by atoms with van der Waals surface area (Å²) < 4.78 is 10.4. The molecule has 1 fully saturated rings. The van der Waals surface area contributed by atoms with Gasteiger partial charge in [-0.1, -0.05) is 0 Å². The van der Waals surface area contributed by atoms with Crippen LogP contribution in [-0.4, -0.2) is 54.1 Å². The molecule has 1 aromatic carbocycles. The van der Waals surface area contributed by atoms with Crippen LogP contribution in [0.5, 0.6) is 5.75 Å². The van der Waals surface area contributed by atoms with Crippen LogP contribution in [0.4, 0.5) is 5.69 Å². The van der Waals surface area contributed by atoms with Gasteiger partial charge in [-0.3, -0.25) is 19.2 Å². The van der Waals surface area contributed by atoms with Crippen LogP contribution in [-0.2, 0) is 9.59 Å². The van der Waals surface area contributed by atoms with Gasteiger partial charge in [-0.25, -0.2) is 0 Å². The number of nitrogens with zero attached hydrogens (tertiary/aromatic N) is 1. The molecular weight excluding hydrogens is 402 g/mol. The third-order valence-electron chi connectivity index (χ3n) is 5.54. The van der Waals surface area contributed by atoms with Gasteiger partial charge in [0.25, 0.3) is 11.8 Å². The summed E-state index contributed by atoms with van der Waals surface area (Å²) >= 11 is 0. The Balaban J connectivity index is 1.32. The predicted octanol–water partition coefficient (Wildman–Crippen LogP) is 1.85. The van der Waals surface area contributed by atoms with E-state index in [4.69, 9.17) is 9.15 Å². The third kappa shape index (κ3) is 4.45. The number of piperidine rings is 1. The maximum absolute atomic E-state index is 12.9. The van der Waals surface area contributed by atoms with E-state index in [2.05, 4.69) is 10.6 Å². The van der Waals surface area contributed by atoms with Crippen molar-refractivity contribution in [3.8, 4) is 5.75 Å². The van der Waals surface area contributed by atoms with Crippen molar-refractivity contribution in [2.45, 2.75) is 25.8 Å². The van der Waals surface area contributed by atoms with Gasteiger partial charge in [0.1, 0.15) is 11.8 Å². The van der Waals surface area contributed by atoms with Gasteiger partial charge in [-0.15, -0.1) is 0 Å². The summed E-state index contributed by atoms with van der Waals surface area (Å²) in [5.41, 5.74) is 1.00. The first-order valence-electron chi connectivity index (χ1n) is 10.2. The van der Waals surface area contributed by atoms with E-state index in [0.717, 1.165) is 0 Å². The van der Waals surface area contributed by atoms with Crippen LogP contribution >= 0.6 is 0 Å². The molecule has 1 aromatic heterocycles. The molecule has 2 N–H and O–H groups in total. The van der Waals surface area contributed by atoms with Crippen LogP contribution in [0.15, 0.2) is 41.0 Å². The smallest absolute Gasteiger partial charge is 0.287 e. The molecule has 4 rings (SSSR count). The molecule has 0 bridgehead atoms. The molecule has 3 heterocycles. The number of Topliss-reactive ketones (excluding diaryl/α,β-unsaturated/α-hetero) is 1. The van der Waals surface area contributed by atoms with E-state index in [-0.39, 0.29) is 35.9 Å². The third-order valence-corrected chi connectivity index (χ3v) is 5.54. The number of furan rings is 1. The Morgan fingerprint density at radius 2 is 1.97 bits per heavy atom. The topological polar surface area (TPSA) is 118 Å². The summed E-state index contributed by atoms with van der Waals surface area (Å²) in [6.45, 7) is 2.46. The normalized spacial score (nSPS) is 17.2. The minimum absolute atomic E-state index is 0.0195. The predicted molar refractivity (Wildman–Crippen MR) is 110 cm³/mol. The number of rotatable bonds is 5. The number of benzene rings is 1. The van der Waals surface area contributed by atoms with Crippen LogP contribution in [0.3, 0.4) is 0 Å². The van der Waals surface area contributed by atoms with Crippen molar-refractivity contribution in [2.75, 3.05) is 25.0 Å². The number of hydrogen-bond acceptors (Lipinski definition) is 6. The molecule has 2 aliphatic rings. The molecule has 0 radical (unpaired) electrons. The minimum Gasteiger partial charge on any atom is -0.482 e. The molecule has 0 unspecified atom stereocenters. The maximum atomic E-state index is 12.9. The Hall–Kier alpha value is -3.62. The van der Waals surface area contributed by atoms with Crippen molar-refractivity contribution in [2.24, 2.45) is 5.92 Å². The van der Waals surface area contributed by atoms with Gasteiger partial charge >= 0.3 is 0 Å². The fourth-order valence-electron chi connectivity index (χ4n) is 3.85. The number of fused-ring (bicyclic) bond motifs is 1. The Morgan fingerprint density at radius 3 is 2.68 bits per heavy atom. The first-order valence-corrected chi connectivity index (χ1v) is 10.2. The molecule has 1 atom stereocenters. The van der Waals surface area contributed by atoms with Crippen LogP contribution in [0.2, 0.25) is 0 Å². The van der Waals surface area contributed by atoms with Crippen LogP contribution in [0.25, 0.3) is 0 Å². The zero-order valence-corrected chi connectivity index (χ0v) is 17.1. The molecule has 2 aliphatic heterocycles. The van der Waals surface area contributed by atoms with Gasteiger partial charge in [-0.05, 0) is 50.1 Å². The standard InChI is InChI=1S/C22H23N3O6/c1-13(23-21(28)18-3-2-10-30-18)22(29)25-8-6-14(7-9-25)20(27)15-4-5-17-16(11-15)24-19(26)12-31-17/h2-5,10-11,13-14H,6-9,12H2,1H3,(H,23,28)(H,24,26)/t13-/m1/s1. The fraction of sp³-hybridized carbons (Fsp3) is 0.364. The zero-order chi connectivity index (χ0) is 22.0. The molecule has 0 aliphatic carbocycles. The number of amides is 3. The summed E-state index contributed by atoms with van der Waals surface area (Å²) in [5.74, 6) is -0.432. The monoisotopic (exact) mass is 425 g/mol. The summed E-state index contributed by atoms with van der Waals surface area (Å²) in [5, 5.41) is 5.34. The second kappa shape index (κ2) is 8.63. The van der Waals surface area contributed by atoms with Crippen molar-refractivity contribution in [3.63, 3.8) is 0 Å². The first-order chi connectivity index (χ1) is 14.9. The van der Waals surface area contributed by atoms with E-state index in [1.165, 1.54) is 12.3 Å². The van der Waals surface area contributed by atoms with Crippen molar-refractivity contribution in [3.05, 3.63) is 47.9 Å². The molecule has 0 saturated carbocycles. The Morgan fingerprint density at radius 1 is 1.19 bits per heavy atom. The molecule has 2 aromatic rings. The highest BCUT2D eigenvalue weighted by Gasteiger charge is 2.31. The maximum Gasteiger partial charge on any atom is 0.287 e. The number of hydrogen-bond donors (Lipinski definition) is 2. The van der Waals surface area contributed by atoms with Crippen LogP contribution in [0.1, 0.15) is 40.7 Å². The second-order valence-corrected chi connectivity index (χ2v) is 7.68. The van der Waals surface area contributed by atoms with Crippen LogP contribution < -0.4 is 15.4 Å². The summed E-state index contributed by atoms with van der Waals surface area (Å²) in [6, 6.07) is 7.45. The lowest BCUT2D eigenvalue weighted by Crippen LogP contribution is -2.49. The van der Waals surface area contributed by atoms with Crippen molar-refractivity contribution >= 4 is 29.2 Å². The van der Waals surface area contributed by atoms with Crippen molar-refractivity contribution in [1.29, 1.82) is 0 Å². The first kappa shape index (κ1) is 20.6. The average Bonchev–Trinajstić information content (AvgIpc) is 3.33. The lowest BCUT2D eigenvalue weighted by molar-refractivity contribution is -0.134. The fourth-order valence-corrected chi connectivity index (χ4v) is 3.85. The molecular formula is C22H23N3O6. The van der Waals surface area contributed by atoms with E-state index in [1.54, 1.807) is 36.1 Å². The highest BCUT2D eigenvalue weighted by molar-refractivity contribution is 6.02. The molecule has 3 amide bonds. The highest BCUT2D eigenvalue weighted by Crippen LogP contribution is 2.30. The van der Waals surface area contributed by atoms with Gasteiger partial charge < -0.3 is 24.7 Å². The molecule has 9 heteroatoms. The molecule has 1 saturated heterocycles. The minimum atomic E-state index is -0.700.